The zero-order valence-corrected chi connectivity index (χ0v) is 12.1. The quantitative estimate of drug-likeness (QED) is 0.899. The zero-order valence-electron chi connectivity index (χ0n) is 12.1. The van der Waals surface area contributed by atoms with E-state index in [0.717, 1.165) is 12.0 Å². The summed E-state index contributed by atoms with van der Waals surface area (Å²) in [4.78, 5) is 11.9. The lowest BCUT2D eigenvalue weighted by molar-refractivity contribution is 0.249. The first-order valence-electron chi connectivity index (χ1n) is 6.74. The number of aromatic nitrogens is 2. The van der Waals surface area contributed by atoms with Crippen LogP contribution >= 0.6 is 0 Å². The van der Waals surface area contributed by atoms with Crippen molar-refractivity contribution in [2.75, 3.05) is 5.32 Å². The number of hydrogen-bond acceptors (Lipinski definition) is 2. The molecule has 0 bridgehead atoms. The van der Waals surface area contributed by atoms with Crippen molar-refractivity contribution in [2.45, 2.75) is 26.3 Å². The Labute approximate surface area is 119 Å². The minimum Gasteiger partial charge on any atom is -0.331 e. The Bertz CT molecular complexity index is 574. The van der Waals surface area contributed by atoms with Crippen molar-refractivity contribution < 1.29 is 4.79 Å². The predicted octanol–water partition coefficient (Wildman–Crippen LogP) is 2.87. The molecule has 1 unspecified atom stereocenters. The maximum absolute atomic E-state index is 11.9. The van der Waals surface area contributed by atoms with Crippen LogP contribution in [0.3, 0.4) is 0 Å². The third kappa shape index (κ3) is 3.38. The number of amides is 2. The summed E-state index contributed by atoms with van der Waals surface area (Å²) in [5, 5.41) is 9.67. The molecule has 1 aromatic heterocycles. The fourth-order valence-corrected chi connectivity index (χ4v) is 1.97. The van der Waals surface area contributed by atoms with Crippen LogP contribution in [0.1, 0.15) is 31.0 Å². The molecule has 0 aliphatic rings. The lowest BCUT2D eigenvalue weighted by atomic mass is 10.1. The predicted molar refractivity (Wildman–Crippen MR) is 79.6 cm³/mol. The number of rotatable bonds is 4. The topological polar surface area (TPSA) is 59.0 Å². The molecule has 1 aromatic carbocycles. The van der Waals surface area contributed by atoms with E-state index in [1.54, 1.807) is 24.0 Å². The van der Waals surface area contributed by atoms with Crippen LogP contribution in [0.15, 0.2) is 36.5 Å². The van der Waals surface area contributed by atoms with E-state index in [1.807, 2.05) is 19.1 Å². The van der Waals surface area contributed by atoms with Crippen LogP contribution < -0.4 is 10.6 Å². The van der Waals surface area contributed by atoms with Gasteiger partial charge in [-0.1, -0.05) is 31.2 Å². The Morgan fingerprint density at radius 2 is 2.00 bits per heavy atom. The maximum Gasteiger partial charge on any atom is 0.320 e. The van der Waals surface area contributed by atoms with Crippen LogP contribution in [0.4, 0.5) is 10.6 Å². The van der Waals surface area contributed by atoms with Gasteiger partial charge in [-0.05, 0) is 24.5 Å². The number of aryl methyl sites for hydroxylation is 2. The molecule has 106 valence electrons. The van der Waals surface area contributed by atoms with E-state index in [-0.39, 0.29) is 12.1 Å². The summed E-state index contributed by atoms with van der Waals surface area (Å²) >= 11 is 0. The molecule has 2 N–H and O–H groups in total. The van der Waals surface area contributed by atoms with E-state index >= 15 is 0 Å². The highest BCUT2D eigenvalue weighted by molar-refractivity contribution is 5.88. The van der Waals surface area contributed by atoms with Gasteiger partial charge in [0.15, 0.2) is 0 Å². The van der Waals surface area contributed by atoms with E-state index in [9.17, 15) is 4.79 Å². The first-order chi connectivity index (χ1) is 9.60. The largest absolute Gasteiger partial charge is 0.331 e. The van der Waals surface area contributed by atoms with Gasteiger partial charge < -0.3 is 5.32 Å². The molecular weight excluding hydrogens is 252 g/mol. The summed E-state index contributed by atoms with van der Waals surface area (Å²) < 4.78 is 1.61. The van der Waals surface area contributed by atoms with E-state index < -0.39 is 0 Å². The zero-order chi connectivity index (χ0) is 14.5. The number of urea groups is 1. The van der Waals surface area contributed by atoms with Crippen LogP contribution in [0.5, 0.6) is 0 Å². The second-order valence-corrected chi connectivity index (χ2v) is 4.76. The molecule has 0 saturated carbocycles. The Morgan fingerprint density at radius 1 is 1.30 bits per heavy atom. The van der Waals surface area contributed by atoms with Crippen molar-refractivity contribution in [2.24, 2.45) is 7.05 Å². The van der Waals surface area contributed by atoms with Crippen molar-refractivity contribution in [3.63, 3.8) is 0 Å². The highest BCUT2D eigenvalue weighted by Crippen LogP contribution is 2.14. The van der Waals surface area contributed by atoms with Gasteiger partial charge in [-0.2, -0.15) is 5.10 Å². The summed E-state index contributed by atoms with van der Waals surface area (Å²) in [5.74, 6) is 0.663. The van der Waals surface area contributed by atoms with Crippen molar-refractivity contribution in [1.29, 1.82) is 0 Å². The monoisotopic (exact) mass is 272 g/mol. The molecule has 5 nitrogen and oxygen atoms in total. The van der Waals surface area contributed by atoms with Crippen LogP contribution in [-0.4, -0.2) is 15.8 Å². The van der Waals surface area contributed by atoms with Crippen LogP contribution in [0.2, 0.25) is 0 Å². The Kier molecular flexibility index (Phi) is 4.40. The van der Waals surface area contributed by atoms with E-state index in [1.165, 1.54) is 5.56 Å². The van der Waals surface area contributed by atoms with E-state index in [4.69, 9.17) is 0 Å². The van der Waals surface area contributed by atoms with Gasteiger partial charge in [-0.25, -0.2) is 4.79 Å². The molecule has 0 spiro atoms. The van der Waals surface area contributed by atoms with Gasteiger partial charge in [-0.3, -0.25) is 10.00 Å². The van der Waals surface area contributed by atoms with Crippen LogP contribution in [-0.2, 0) is 13.5 Å². The number of benzene rings is 1. The number of hydrogen-bond donors (Lipinski definition) is 2. The fraction of sp³-hybridized carbons (Fsp3) is 0.333. The normalized spacial score (nSPS) is 11.9. The number of carbonyl (C=O) groups excluding carboxylic acids is 1. The van der Waals surface area contributed by atoms with Gasteiger partial charge >= 0.3 is 6.03 Å². The molecule has 0 fully saturated rings. The second-order valence-electron chi connectivity index (χ2n) is 4.76. The molecule has 1 atom stereocenters. The van der Waals surface area contributed by atoms with Gasteiger partial charge in [0, 0.05) is 13.1 Å². The minimum atomic E-state index is -0.235. The molecular formula is C15H20N4O. The van der Waals surface area contributed by atoms with Gasteiger partial charge in [0.05, 0.1) is 12.2 Å². The van der Waals surface area contributed by atoms with Crippen molar-refractivity contribution in [3.05, 3.63) is 47.7 Å². The standard InChI is InChI=1S/C15H20N4O/c1-4-12-5-7-13(8-6-12)11(2)17-15(20)18-14-9-10-16-19(14)3/h5-11H,4H2,1-3H3,(H2,17,18,20). The van der Waals surface area contributed by atoms with Crippen LogP contribution in [0, 0.1) is 0 Å². The molecule has 20 heavy (non-hydrogen) atoms. The molecule has 1 heterocycles. The maximum atomic E-state index is 11.9. The molecule has 5 heteroatoms. The van der Waals surface area contributed by atoms with Gasteiger partial charge in [0.1, 0.15) is 5.82 Å². The Hall–Kier alpha value is -2.30. The fourth-order valence-electron chi connectivity index (χ4n) is 1.97. The minimum absolute atomic E-state index is 0.0471. The smallest absolute Gasteiger partial charge is 0.320 e. The molecule has 2 amide bonds. The number of anilines is 1. The third-order valence-electron chi connectivity index (χ3n) is 3.30. The first kappa shape index (κ1) is 14.1. The Balaban J connectivity index is 1.94. The lowest BCUT2D eigenvalue weighted by Gasteiger charge is -2.15. The SMILES string of the molecule is CCc1ccc(C(C)NC(=O)Nc2ccnn2C)cc1. The molecule has 0 aliphatic carbocycles. The molecule has 0 aliphatic heterocycles. The number of carbonyl (C=O) groups is 1. The molecule has 0 saturated heterocycles. The van der Waals surface area contributed by atoms with Crippen molar-refractivity contribution in [3.8, 4) is 0 Å². The van der Waals surface area contributed by atoms with Crippen molar-refractivity contribution in [1.82, 2.24) is 15.1 Å². The second kappa shape index (κ2) is 6.23. The van der Waals surface area contributed by atoms with Crippen LogP contribution in [0.25, 0.3) is 0 Å². The first-order valence-corrected chi connectivity index (χ1v) is 6.74. The third-order valence-corrected chi connectivity index (χ3v) is 3.30. The van der Waals surface area contributed by atoms with Gasteiger partial charge in [0.25, 0.3) is 0 Å². The molecule has 2 aromatic rings. The number of nitrogens with one attached hydrogen (secondary N) is 2. The average molecular weight is 272 g/mol. The van der Waals surface area contributed by atoms with Gasteiger partial charge in [-0.15, -0.1) is 0 Å². The Morgan fingerprint density at radius 3 is 2.55 bits per heavy atom. The summed E-state index contributed by atoms with van der Waals surface area (Å²) in [5.41, 5.74) is 2.38. The highest BCUT2D eigenvalue weighted by atomic mass is 16.2. The lowest BCUT2D eigenvalue weighted by Crippen LogP contribution is -2.31. The van der Waals surface area contributed by atoms with Gasteiger partial charge in [0.2, 0.25) is 0 Å². The molecule has 2 rings (SSSR count). The summed E-state index contributed by atoms with van der Waals surface area (Å²) in [6.07, 6.45) is 2.66. The van der Waals surface area contributed by atoms with E-state index in [2.05, 4.69) is 34.8 Å². The highest BCUT2D eigenvalue weighted by Gasteiger charge is 2.10. The van der Waals surface area contributed by atoms with E-state index in [0.29, 0.717) is 5.82 Å². The number of nitrogens with zero attached hydrogens (tertiary/aromatic N) is 2. The summed E-state index contributed by atoms with van der Waals surface area (Å²) in [7, 11) is 1.78. The summed E-state index contributed by atoms with van der Waals surface area (Å²) in [6, 6.07) is 9.75. The summed E-state index contributed by atoms with van der Waals surface area (Å²) in [6.45, 7) is 4.09. The van der Waals surface area contributed by atoms with Crippen molar-refractivity contribution >= 4 is 11.8 Å². The average Bonchev–Trinajstić information content (AvgIpc) is 2.84. The molecule has 0 radical (unpaired) electrons.